The van der Waals surface area contributed by atoms with Gasteiger partial charge in [0, 0.05) is 12.5 Å². The van der Waals surface area contributed by atoms with E-state index in [2.05, 4.69) is 4.52 Å². The quantitative estimate of drug-likeness (QED) is 0.0665. The molecule has 1 fully saturated rings. The molecule has 1 aliphatic rings. The summed E-state index contributed by atoms with van der Waals surface area (Å²) >= 11 is 0. The van der Waals surface area contributed by atoms with Gasteiger partial charge < -0.3 is 59.6 Å². The van der Waals surface area contributed by atoms with Crippen molar-refractivity contribution >= 4 is 29.4 Å². The third-order valence-corrected chi connectivity index (χ3v) is 10.0. The summed E-state index contributed by atoms with van der Waals surface area (Å²) in [7, 11) is -4.22. The van der Waals surface area contributed by atoms with Gasteiger partial charge in [0.1, 0.15) is 16.4 Å². The SMILES string of the molecule is CCCOc1c(OCCCOP(=O)(O)O)cc([C@@H]2CC[C@@H](c3cc(OC)c(OC)c(OC)c3)O2)cc1S(=O)(=O)CC(C)=O.NCCCCC(N)C(=O)[O-].[Na+]. The predicted molar refractivity (Wildman–Crippen MR) is 191 cm³/mol. The van der Waals surface area contributed by atoms with Gasteiger partial charge in [0.15, 0.2) is 32.8 Å². The molecular weight excluding hydrogens is 762 g/mol. The molecule has 2 aromatic rings. The fourth-order valence-electron chi connectivity index (χ4n) is 5.28. The number of methoxy groups -OCH3 is 3. The molecule has 6 N–H and O–H groups in total. The molecule has 1 aliphatic heterocycles. The molecule has 1 saturated heterocycles. The van der Waals surface area contributed by atoms with E-state index < -0.39 is 47.3 Å². The van der Waals surface area contributed by atoms with Crippen LogP contribution in [0.3, 0.4) is 0 Å². The minimum Gasteiger partial charge on any atom is -0.548 e. The number of sulfone groups is 1. The zero-order valence-corrected chi connectivity index (χ0v) is 35.4. The third kappa shape index (κ3) is 15.9. The first-order chi connectivity index (χ1) is 25.0. The summed E-state index contributed by atoms with van der Waals surface area (Å²) in [6, 6.07) is 5.85. The van der Waals surface area contributed by atoms with Crippen LogP contribution >= 0.6 is 7.82 Å². The summed E-state index contributed by atoms with van der Waals surface area (Å²) in [5.41, 5.74) is 11.6. The number of phosphoric ester groups is 1. The van der Waals surface area contributed by atoms with E-state index >= 15 is 0 Å². The van der Waals surface area contributed by atoms with Gasteiger partial charge >= 0.3 is 37.4 Å². The van der Waals surface area contributed by atoms with E-state index in [1.54, 1.807) is 18.2 Å². The van der Waals surface area contributed by atoms with Crippen LogP contribution in [-0.2, 0) is 33.3 Å². The fourth-order valence-corrected chi connectivity index (χ4v) is 7.09. The summed E-state index contributed by atoms with van der Waals surface area (Å²) in [4.78, 5) is 39.5. The first kappa shape index (κ1) is 49.5. The largest absolute Gasteiger partial charge is 1.00 e. The van der Waals surface area contributed by atoms with Crippen LogP contribution in [0, 0.1) is 0 Å². The number of carbonyl (C=O) groups excluding carboxylic acids is 2. The number of hydrogen-bond donors (Lipinski definition) is 4. The predicted octanol–water partition coefficient (Wildman–Crippen LogP) is -0.468. The van der Waals surface area contributed by atoms with Crippen LogP contribution in [0.1, 0.15) is 82.1 Å². The van der Waals surface area contributed by atoms with Crippen molar-refractivity contribution in [3.8, 4) is 28.7 Å². The molecule has 0 radical (unpaired) electrons. The molecule has 0 saturated carbocycles. The third-order valence-electron chi connectivity index (χ3n) is 7.75. The maximum Gasteiger partial charge on any atom is 1.00 e. The van der Waals surface area contributed by atoms with Gasteiger partial charge in [0.2, 0.25) is 5.75 Å². The van der Waals surface area contributed by atoms with Crippen molar-refractivity contribution in [1.82, 2.24) is 0 Å². The molecule has 54 heavy (non-hydrogen) atoms. The first-order valence-electron chi connectivity index (χ1n) is 17.0. The van der Waals surface area contributed by atoms with Gasteiger partial charge in [-0.3, -0.25) is 9.32 Å². The van der Waals surface area contributed by atoms with Crippen LogP contribution in [0.15, 0.2) is 29.2 Å². The zero-order valence-electron chi connectivity index (χ0n) is 31.7. The first-order valence-corrected chi connectivity index (χ1v) is 20.2. The van der Waals surface area contributed by atoms with Crippen molar-refractivity contribution in [1.29, 1.82) is 0 Å². The normalized spacial score (nSPS) is 15.9. The standard InChI is InChI=1S/C28H39O13PS.C6H14N2O2.Na/c1-6-10-39-28-25(38-11-7-12-40-42(30,31)32)15-20(16-26(28)43(33,34)17-18(2)29)22-9-8-21(41-22)19-13-23(35-3)27(37-5)24(14-19)36-4;7-4-2-1-3-5(8)6(9)10;/h13-16,21-22H,6-12,17H2,1-5H3,(H2,30,31,32);5H,1-4,7-8H2,(H,9,10);/q;;+1/p-1/t21-,22-;;/m0../s1. The molecular formula is C34H52N2NaO15PS. The average molecular weight is 815 g/mol. The van der Waals surface area contributed by atoms with Crippen molar-refractivity contribution < 1.29 is 100.0 Å². The van der Waals surface area contributed by atoms with Gasteiger partial charge in [-0.25, -0.2) is 13.0 Å². The topological polar surface area (TPSA) is 266 Å². The van der Waals surface area contributed by atoms with Crippen LogP contribution < -0.4 is 69.8 Å². The smallest absolute Gasteiger partial charge is 0.548 e. The van der Waals surface area contributed by atoms with Crippen molar-refractivity contribution in [2.75, 3.05) is 53.4 Å². The van der Waals surface area contributed by atoms with Crippen molar-refractivity contribution in [2.45, 2.75) is 81.9 Å². The number of unbranched alkanes of at least 4 members (excludes halogenated alkanes) is 1. The fraction of sp³-hybridized carbons (Fsp3) is 0.588. The zero-order chi connectivity index (χ0) is 39.8. The second-order valence-corrected chi connectivity index (χ2v) is 15.2. The number of phosphoric acid groups is 1. The molecule has 0 aliphatic carbocycles. The van der Waals surface area contributed by atoms with Crippen LogP contribution in [0.25, 0.3) is 0 Å². The van der Waals surface area contributed by atoms with Crippen molar-refractivity contribution in [2.24, 2.45) is 11.5 Å². The van der Waals surface area contributed by atoms with Gasteiger partial charge in [0.25, 0.3) is 0 Å². The molecule has 0 spiro atoms. The van der Waals surface area contributed by atoms with E-state index in [0.29, 0.717) is 55.0 Å². The summed E-state index contributed by atoms with van der Waals surface area (Å²) in [5.74, 6) is -1.01. The Morgan fingerprint density at radius 3 is 1.96 bits per heavy atom. The van der Waals surface area contributed by atoms with E-state index in [1.807, 2.05) is 6.92 Å². The number of carbonyl (C=O) groups is 2. The molecule has 300 valence electrons. The minimum atomic E-state index is -4.65. The van der Waals surface area contributed by atoms with Crippen LogP contribution in [-0.4, -0.2) is 89.4 Å². The van der Waals surface area contributed by atoms with Gasteiger partial charge in [-0.1, -0.05) is 13.3 Å². The maximum absolute atomic E-state index is 13.4. The van der Waals surface area contributed by atoms with Crippen molar-refractivity contribution in [3.05, 3.63) is 35.4 Å². The van der Waals surface area contributed by atoms with Gasteiger partial charge in [-0.15, -0.1) is 0 Å². The Bertz CT molecular complexity index is 1630. The van der Waals surface area contributed by atoms with Crippen LogP contribution in [0.5, 0.6) is 28.7 Å². The molecule has 1 heterocycles. The molecule has 17 nitrogen and oxygen atoms in total. The van der Waals surface area contributed by atoms with E-state index in [1.165, 1.54) is 34.3 Å². The Labute approximate surface area is 338 Å². The Morgan fingerprint density at radius 1 is 0.907 bits per heavy atom. The molecule has 1 unspecified atom stereocenters. The van der Waals surface area contributed by atoms with Crippen LogP contribution in [0.4, 0.5) is 0 Å². The number of hydrogen-bond acceptors (Lipinski definition) is 15. The second kappa shape index (κ2) is 24.2. The van der Waals surface area contributed by atoms with Crippen LogP contribution in [0.2, 0.25) is 0 Å². The summed E-state index contributed by atoms with van der Waals surface area (Å²) in [6.07, 6.45) is 2.94. The Balaban J connectivity index is 0.00000116. The number of rotatable bonds is 22. The second-order valence-electron chi connectivity index (χ2n) is 12.0. The molecule has 0 bridgehead atoms. The van der Waals surface area contributed by atoms with Gasteiger partial charge in [-0.05, 0) is 81.0 Å². The number of ketones is 1. The van der Waals surface area contributed by atoms with Gasteiger partial charge in [-0.2, -0.15) is 0 Å². The number of carboxylic acids is 1. The Hall–Kier alpha value is -2.48. The molecule has 0 amide bonds. The number of benzene rings is 2. The molecule has 3 rings (SSSR count). The van der Waals surface area contributed by atoms with Crippen molar-refractivity contribution in [3.63, 3.8) is 0 Å². The van der Waals surface area contributed by atoms with Gasteiger partial charge in [0.05, 0.1) is 59.3 Å². The monoisotopic (exact) mass is 814 g/mol. The number of Topliss-reactive ketones (excluding diaryl/α,β-unsaturated/α-hetero) is 1. The van der Waals surface area contributed by atoms with E-state index in [4.69, 9.17) is 49.7 Å². The molecule has 3 atom stereocenters. The number of ether oxygens (including phenoxy) is 6. The summed E-state index contributed by atoms with van der Waals surface area (Å²) < 4.78 is 76.7. The molecule has 20 heteroatoms. The minimum absolute atomic E-state index is 0. The molecule has 0 aromatic heterocycles. The van der Waals surface area contributed by atoms with E-state index in [9.17, 15) is 27.7 Å². The number of carboxylic acid groups (broad SMARTS) is 1. The maximum atomic E-state index is 13.4. The summed E-state index contributed by atoms with van der Waals surface area (Å²) in [5, 5.41) is 10.0. The Kier molecular flexibility index (Phi) is 22.2. The molecule has 2 aromatic carbocycles. The average Bonchev–Trinajstić information content (AvgIpc) is 3.59. The number of aliphatic carboxylic acids is 1. The Morgan fingerprint density at radius 2 is 1.48 bits per heavy atom. The summed E-state index contributed by atoms with van der Waals surface area (Å²) in [6.45, 7) is 3.47. The van der Waals surface area contributed by atoms with E-state index in [-0.39, 0.29) is 78.3 Å². The number of nitrogens with two attached hydrogens (primary N) is 2. The van der Waals surface area contributed by atoms with E-state index in [0.717, 1.165) is 18.4 Å².